The molecular weight excluding hydrogens is 260 g/mol. The highest BCUT2D eigenvalue weighted by atomic mass is 32.2. The van der Waals surface area contributed by atoms with Gasteiger partial charge in [-0.3, -0.25) is 10.1 Å². The van der Waals surface area contributed by atoms with Crippen molar-refractivity contribution in [3.05, 3.63) is 29.8 Å². The van der Waals surface area contributed by atoms with Crippen molar-refractivity contribution in [3.63, 3.8) is 0 Å². The average Bonchev–Trinajstić information content (AvgIpc) is 2.44. The predicted octanol–water partition coefficient (Wildman–Crippen LogP) is 2.25. The number of amidine groups is 1. The highest BCUT2D eigenvalue weighted by molar-refractivity contribution is 8.13. The zero-order valence-corrected chi connectivity index (χ0v) is 11.8. The molecule has 0 saturated heterocycles. The van der Waals surface area contributed by atoms with E-state index in [0.717, 1.165) is 6.42 Å². The maximum Gasteiger partial charge on any atom is 0.253 e. The van der Waals surface area contributed by atoms with Gasteiger partial charge in [0, 0.05) is 6.54 Å². The highest BCUT2D eigenvalue weighted by Crippen LogP contribution is 2.20. The van der Waals surface area contributed by atoms with Gasteiger partial charge in [0.1, 0.15) is 0 Å². The Hall–Kier alpha value is -2.00. The first kappa shape index (κ1) is 15.1. The van der Waals surface area contributed by atoms with Gasteiger partial charge in [0.25, 0.3) is 5.91 Å². The Morgan fingerprint density at radius 1 is 1.47 bits per heavy atom. The summed E-state index contributed by atoms with van der Waals surface area (Å²) in [6, 6.07) is 7.06. The fourth-order valence-corrected chi connectivity index (χ4v) is 1.72. The molecule has 0 heterocycles. The highest BCUT2D eigenvalue weighted by Gasteiger charge is 2.10. The summed E-state index contributed by atoms with van der Waals surface area (Å²) in [5, 5.41) is 14.4. The van der Waals surface area contributed by atoms with Crippen molar-refractivity contribution in [2.45, 2.75) is 13.3 Å². The number of benzene rings is 1. The molecule has 2 N–H and O–H groups in total. The van der Waals surface area contributed by atoms with Crippen molar-refractivity contribution in [1.29, 1.82) is 5.26 Å². The van der Waals surface area contributed by atoms with Crippen molar-refractivity contribution >= 4 is 28.5 Å². The monoisotopic (exact) mass is 276 g/mol. The van der Waals surface area contributed by atoms with E-state index in [1.165, 1.54) is 11.8 Å². The summed E-state index contributed by atoms with van der Waals surface area (Å²) in [7, 11) is 0. The molecule has 5 nitrogen and oxygen atoms in total. The van der Waals surface area contributed by atoms with Gasteiger partial charge in [-0.15, -0.1) is 0 Å². The molecule has 0 saturated carbocycles. The molecule has 0 bridgehead atoms. The predicted molar refractivity (Wildman–Crippen MR) is 78.4 cm³/mol. The topological polar surface area (TPSA) is 77.3 Å². The molecule has 100 valence electrons. The minimum atomic E-state index is -0.154. The number of para-hydroxylation sites is 1. The zero-order valence-electron chi connectivity index (χ0n) is 10.9. The van der Waals surface area contributed by atoms with Gasteiger partial charge in [-0.2, -0.15) is 5.26 Å². The molecule has 1 aromatic carbocycles. The second kappa shape index (κ2) is 8.16. The molecule has 1 aromatic rings. The van der Waals surface area contributed by atoms with Gasteiger partial charge in [-0.1, -0.05) is 30.8 Å². The molecule has 0 aliphatic rings. The summed E-state index contributed by atoms with van der Waals surface area (Å²) in [6.07, 6.45) is 4.51. The first-order valence-corrected chi connectivity index (χ1v) is 7.10. The third-order valence-corrected chi connectivity index (χ3v) is 2.84. The Balaban J connectivity index is 3.02. The molecule has 0 radical (unpaired) electrons. The van der Waals surface area contributed by atoms with Crippen LogP contribution >= 0.6 is 11.8 Å². The van der Waals surface area contributed by atoms with Crippen LogP contribution in [0, 0.1) is 11.5 Å². The van der Waals surface area contributed by atoms with Crippen molar-refractivity contribution < 1.29 is 4.79 Å². The lowest BCUT2D eigenvalue weighted by atomic mass is 10.1. The summed E-state index contributed by atoms with van der Waals surface area (Å²) in [5.41, 5.74) is 1.05. The summed E-state index contributed by atoms with van der Waals surface area (Å²) in [4.78, 5) is 16.3. The number of nitrogens with one attached hydrogen (secondary N) is 2. The van der Waals surface area contributed by atoms with Crippen molar-refractivity contribution in [3.8, 4) is 6.19 Å². The van der Waals surface area contributed by atoms with Gasteiger partial charge in [-0.05, 0) is 24.8 Å². The van der Waals surface area contributed by atoms with Crippen LogP contribution in [0.3, 0.4) is 0 Å². The van der Waals surface area contributed by atoms with E-state index in [1.54, 1.807) is 24.3 Å². The number of hydrogen-bond acceptors (Lipinski definition) is 4. The Morgan fingerprint density at radius 3 is 2.84 bits per heavy atom. The molecule has 0 atom stereocenters. The third-order valence-electron chi connectivity index (χ3n) is 2.26. The SMILES string of the molecule is CCCNC(=O)c1ccccc1N=C(NC#N)SC. The lowest BCUT2D eigenvalue weighted by Crippen LogP contribution is -2.24. The van der Waals surface area contributed by atoms with Crippen molar-refractivity contribution in [2.24, 2.45) is 4.99 Å². The number of amides is 1. The van der Waals surface area contributed by atoms with Crippen LogP contribution in [0.5, 0.6) is 0 Å². The largest absolute Gasteiger partial charge is 0.352 e. The zero-order chi connectivity index (χ0) is 14.1. The summed E-state index contributed by atoms with van der Waals surface area (Å²) in [6.45, 7) is 2.62. The van der Waals surface area contributed by atoms with Crippen LogP contribution < -0.4 is 10.6 Å². The second-order valence-corrected chi connectivity index (χ2v) is 4.43. The first-order chi connectivity index (χ1) is 9.22. The molecule has 0 aromatic heterocycles. The minimum absolute atomic E-state index is 0.154. The van der Waals surface area contributed by atoms with Gasteiger partial charge in [0.15, 0.2) is 11.4 Å². The smallest absolute Gasteiger partial charge is 0.253 e. The number of rotatable bonds is 4. The van der Waals surface area contributed by atoms with E-state index < -0.39 is 0 Å². The molecule has 19 heavy (non-hydrogen) atoms. The normalized spacial score (nSPS) is 10.7. The maximum atomic E-state index is 12.0. The summed E-state index contributed by atoms with van der Waals surface area (Å²) in [5.74, 6) is -0.154. The van der Waals surface area contributed by atoms with Crippen LogP contribution in [0.15, 0.2) is 29.3 Å². The van der Waals surface area contributed by atoms with Crippen LogP contribution in [-0.4, -0.2) is 23.9 Å². The molecule has 1 amide bonds. The van der Waals surface area contributed by atoms with Crippen LogP contribution in [-0.2, 0) is 0 Å². The maximum absolute atomic E-state index is 12.0. The molecule has 0 unspecified atom stereocenters. The standard InChI is InChI=1S/C13H16N4OS/c1-3-8-15-12(18)10-6-4-5-7-11(10)17-13(19-2)16-9-14/h4-7H,3,8H2,1-2H3,(H,15,18)(H,16,17). The number of aliphatic imine (C=N–C) groups is 1. The van der Waals surface area contributed by atoms with E-state index in [2.05, 4.69) is 15.6 Å². The first-order valence-electron chi connectivity index (χ1n) is 5.88. The molecule has 6 heteroatoms. The van der Waals surface area contributed by atoms with Crippen LogP contribution in [0.2, 0.25) is 0 Å². The molecule has 0 fully saturated rings. The minimum Gasteiger partial charge on any atom is -0.352 e. The number of carbonyl (C=O) groups excluding carboxylic acids is 1. The Bertz CT molecular complexity index is 508. The lowest BCUT2D eigenvalue weighted by Gasteiger charge is -2.07. The Morgan fingerprint density at radius 2 is 2.21 bits per heavy atom. The van der Waals surface area contributed by atoms with Crippen molar-refractivity contribution in [1.82, 2.24) is 10.6 Å². The van der Waals surface area contributed by atoms with E-state index in [1.807, 2.05) is 19.4 Å². The van der Waals surface area contributed by atoms with Gasteiger partial charge in [0.05, 0.1) is 11.3 Å². The Kier molecular flexibility index (Phi) is 6.47. The van der Waals surface area contributed by atoms with Gasteiger partial charge in [-0.25, -0.2) is 4.99 Å². The molecule has 1 rings (SSSR count). The summed E-state index contributed by atoms with van der Waals surface area (Å²) < 4.78 is 0. The number of hydrogen-bond donors (Lipinski definition) is 2. The molecule has 0 aliphatic carbocycles. The number of nitrogens with zero attached hydrogens (tertiary/aromatic N) is 2. The molecule has 0 spiro atoms. The number of nitriles is 1. The number of carbonyl (C=O) groups is 1. The van der Waals surface area contributed by atoms with E-state index in [0.29, 0.717) is 23.0 Å². The van der Waals surface area contributed by atoms with E-state index >= 15 is 0 Å². The van der Waals surface area contributed by atoms with Crippen LogP contribution in [0.4, 0.5) is 5.69 Å². The van der Waals surface area contributed by atoms with Gasteiger partial charge in [0.2, 0.25) is 0 Å². The van der Waals surface area contributed by atoms with Crippen molar-refractivity contribution in [2.75, 3.05) is 12.8 Å². The van der Waals surface area contributed by atoms with Gasteiger partial charge < -0.3 is 5.32 Å². The van der Waals surface area contributed by atoms with Crippen LogP contribution in [0.1, 0.15) is 23.7 Å². The Labute approximate surface area is 117 Å². The second-order valence-electron chi connectivity index (χ2n) is 3.63. The molecule has 0 aliphatic heterocycles. The fraction of sp³-hybridized carbons (Fsp3) is 0.308. The number of thioether (sulfide) groups is 1. The van der Waals surface area contributed by atoms with E-state index in [-0.39, 0.29) is 5.91 Å². The average molecular weight is 276 g/mol. The third kappa shape index (κ3) is 4.64. The quantitative estimate of drug-likeness (QED) is 0.383. The summed E-state index contributed by atoms with van der Waals surface area (Å²) >= 11 is 1.31. The van der Waals surface area contributed by atoms with Gasteiger partial charge >= 0.3 is 0 Å². The molecular formula is C13H16N4OS. The van der Waals surface area contributed by atoms with E-state index in [4.69, 9.17) is 5.26 Å². The van der Waals surface area contributed by atoms with Crippen LogP contribution in [0.25, 0.3) is 0 Å². The lowest BCUT2D eigenvalue weighted by molar-refractivity contribution is 0.0954. The van der Waals surface area contributed by atoms with E-state index in [9.17, 15) is 4.79 Å². The fourth-order valence-electron chi connectivity index (χ4n) is 1.38.